The standard InChI is InChI=1S/C23H17B3F9N3O5/c24-22(25,26)43-15-8-11(42-23(33,34)35)1-2-14(15)41-16-6-9(20(27,28)29)5-12(21(30,31)32)17(16)19(40)38-10-3-4-37-13(7-10)18(36)39/h1-8H,24-26H2,(H2,36,39)(H,37,38,40). The van der Waals surface area contributed by atoms with E-state index in [0.717, 1.165) is 24.4 Å². The van der Waals surface area contributed by atoms with Crippen LogP contribution in [0.1, 0.15) is 32.0 Å². The van der Waals surface area contributed by atoms with E-state index in [0.29, 0.717) is 12.1 Å². The SMILES string of the molecule is BC(B)(B)Oc1cc(OC(F)(F)F)ccc1Oc1cc(C(F)(F)F)cc(C(F)(F)F)c1C(=O)Nc1ccnc(C(N)=O)c1. The first-order chi connectivity index (χ1) is 19.5. The second-order valence-electron chi connectivity index (χ2n) is 9.61. The molecule has 0 saturated heterocycles. The zero-order chi connectivity index (χ0) is 32.5. The van der Waals surface area contributed by atoms with Crippen molar-refractivity contribution in [2.24, 2.45) is 5.73 Å². The van der Waals surface area contributed by atoms with Crippen molar-refractivity contribution in [2.75, 3.05) is 5.32 Å². The molecule has 20 heteroatoms. The molecule has 0 aliphatic carbocycles. The van der Waals surface area contributed by atoms with Crippen molar-refractivity contribution in [1.82, 2.24) is 4.98 Å². The van der Waals surface area contributed by atoms with E-state index in [1.807, 2.05) is 5.32 Å². The lowest BCUT2D eigenvalue weighted by Crippen LogP contribution is -2.37. The Balaban J connectivity index is 2.24. The molecule has 0 aliphatic heterocycles. The van der Waals surface area contributed by atoms with Crippen LogP contribution in [0.15, 0.2) is 48.7 Å². The van der Waals surface area contributed by atoms with Crippen molar-refractivity contribution in [3.8, 4) is 23.0 Å². The van der Waals surface area contributed by atoms with Gasteiger partial charge in [0.2, 0.25) is 0 Å². The molecule has 0 atom stereocenters. The van der Waals surface area contributed by atoms with Crippen molar-refractivity contribution in [1.29, 1.82) is 0 Å². The molecule has 8 nitrogen and oxygen atoms in total. The lowest BCUT2D eigenvalue weighted by atomic mass is 9.52. The number of rotatable bonds is 8. The van der Waals surface area contributed by atoms with Gasteiger partial charge in [-0.2, -0.15) is 26.3 Å². The first-order valence-electron chi connectivity index (χ1n) is 11.7. The van der Waals surface area contributed by atoms with Crippen LogP contribution in [-0.4, -0.2) is 52.0 Å². The number of hydrogen-bond acceptors (Lipinski definition) is 6. The van der Waals surface area contributed by atoms with Crippen LogP contribution >= 0.6 is 0 Å². The first kappa shape index (κ1) is 33.0. The number of halogens is 9. The number of aromatic nitrogens is 1. The predicted octanol–water partition coefficient (Wildman–Crippen LogP) is 3.05. The first-order valence-corrected chi connectivity index (χ1v) is 11.7. The van der Waals surface area contributed by atoms with Crippen LogP contribution in [0, 0.1) is 0 Å². The van der Waals surface area contributed by atoms with Gasteiger partial charge in [0.05, 0.1) is 16.7 Å². The van der Waals surface area contributed by atoms with E-state index in [1.54, 1.807) is 0 Å². The van der Waals surface area contributed by atoms with Crippen molar-refractivity contribution in [3.05, 3.63) is 71.0 Å². The minimum atomic E-state index is -5.54. The van der Waals surface area contributed by atoms with Gasteiger partial charge in [0.1, 0.15) is 40.7 Å². The van der Waals surface area contributed by atoms with Gasteiger partial charge in [-0.05, 0) is 36.4 Å². The number of carbonyl (C=O) groups is 2. The summed E-state index contributed by atoms with van der Waals surface area (Å²) in [6.07, 6.45) is -15.1. The molecular weight excluding hydrogens is 602 g/mol. The Morgan fingerprint density at radius 2 is 1.44 bits per heavy atom. The molecule has 0 saturated carbocycles. The Morgan fingerprint density at radius 3 is 1.98 bits per heavy atom. The molecule has 0 radical (unpaired) electrons. The number of hydrogen-bond donors (Lipinski definition) is 2. The summed E-state index contributed by atoms with van der Waals surface area (Å²) in [5.74, 6) is -6.06. The second-order valence-corrected chi connectivity index (χ2v) is 9.61. The highest BCUT2D eigenvalue weighted by Gasteiger charge is 2.42. The number of benzene rings is 2. The fraction of sp³-hybridized carbons (Fsp3) is 0.174. The third kappa shape index (κ3) is 8.99. The molecule has 43 heavy (non-hydrogen) atoms. The highest BCUT2D eigenvalue weighted by atomic mass is 19.4. The Kier molecular flexibility index (Phi) is 8.94. The van der Waals surface area contributed by atoms with Crippen LogP contribution in [0.2, 0.25) is 0 Å². The number of nitrogens with two attached hydrogens (primary N) is 1. The topological polar surface area (TPSA) is 113 Å². The summed E-state index contributed by atoms with van der Waals surface area (Å²) >= 11 is 0. The van der Waals surface area contributed by atoms with Gasteiger partial charge in [-0.25, -0.2) is 0 Å². The van der Waals surface area contributed by atoms with E-state index < -0.39 is 81.2 Å². The fourth-order valence-electron chi connectivity index (χ4n) is 3.45. The summed E-state index contributed by atoms with van der Waals surface area (Å²) in [5.41, 5.74) is -0.960. The van der Waals surface area contributed by atoms with Crippen molar-refractivity contribution in [3.63, 3.8) is 0 Å². The van der Waals surface area contributed by atoms with Gasteiger partial charge < -0.3 is 25.3 Å². The largest absolute Gasteiger partial charge is 0.573 e. The molecule has 0 spiro atoms. The molecule has 2 amide bonds. The van der Waals surface area contributed by atoms with Gasteiger partial charge in [0.25, 0.3) is 11.8 Å². The Bertz CT molecular complexity index is 1540. The van der Waals surface area contributed by atoms with E-state index in [4.69, 9.17) is 15.2 Å². The number of primary amides is 1. The lowest BCUT2D eigenvalue weighted by Gasteiger charge is -2.25. The van der Waals surface area contributed by atoms with E-state index in [1.165, 1.54) is 23.5 Å². The quantitative estimate of drug-likeness (QED) is 0.297. The Morgan fingerprint density at radius 1 is 0.791 bits per heavy atom. The lowest BCUT2D eigenvalue weighted by molar-refractivity contribution is -0.274. The van der Waals surface area contributed by atoms with Gasteiger partial charge in [0, 0.05) is 23.2 Å². The number of ether oxygens (including phenoxy) is 3. The monoisotopic (exact) mass is 619 g/mol. The van der Waals surface area contributed by atoms with Crippen molar-refractivity contribution >= 4 is 41.0 Å². The maximum Gasteiger partial charge on any atom is 0.573 e. The van der Waals surface area contributed by atoms with Gasteiger partial charge in [-0.3, -0.25) is 14.6 Å². The van der Waals surface area contributed by atoms with E-state index in [9.17, 15) is 49.1 Å². The third-order valence-electron chi connectivity index (χ3n) is 5.02. The maximum absolute atomic E-state index is 14.1. The average molecular weight is 619 g/mol. The molecule has 0 bridgehead atoms. The maximum atomic E-state index is 14.1. The summed E-state index contributed by atoms with van der Waals surface area (Å²) in [6, 6.07) is 3.79. The predicted molar refractivity (Wildman–Crippen MR) is 139 cm³/mol. The van der Waals surface area contributed by atoms with Crippen LogP contribution < -0.4 is 25.3 Å². The average Bonchev–Trinajstić information content (AvgIpc) is 2.82. The van der Waals surface area contributed by atoms with Crippen LogP contribution in [0.5, 0.6) is 23.0 Å². The number of nitrogens with one attached hydrogen (secondary N) is 1. The zero-order valence-corrected chi connectivity index (χ0v) is 22.1. The normalized spacial score (nSPS) is 12.4. The van der Waals surface area contributed by atoms with Gasteiger partial charge in [0.15, 0.2) is 11.5 Å². The van der Waals surface area contributed by atoms with Crippen LogP contribution in [0.25, 0.3) is 0 Å². The molecule has 0 fully saturated rings. The number of nitrogens with zero attached hydrogens (tertiary/aromatic N) is 1. The zero-order valence-electron chi connectivity index (χ0n) is 22.1. The van der Waals surface area contributed by atoms with Crippen molar-refractivity contribution < 1.29 is 63.3 Å². The summed E-state index contributed by atoms with van der Waals surface area (Å²) in [4.78, 5) is 28.2. The molecule has 0 aliphatic rings. The molecule has 1 heterocycles. The number of amides is 2. The van der Waals surface area contributed by atoms with E-state index in [-0.39, 0.29) is 17.8 Å². The van der Waals surface area contributed by atoms with Gasteiger partial charge >= 0.3 is 18.7 Å². The summed E-state index contributed by atoms with van der Waals surface area (Å²) in [7, 11) is 4.32. The molecule has 2 aromatic carbocycles. The van der Waals surface area contributed by atoms with Crippen LogP contribution in [-0.2, 0) is 12.4 Å². The molecular formula is C23H17B3F9N3O5. The molecule has 1 aromatic heterocycles. The Labute approximate surface area is 238 Å². The molecule has 0 unspecified atom stereocenters. The minimum absolute atomic E-state index is 0.104. The molecule has 3 aromatic rings. The van der Waals surface area contributed by atoms with Gasteiger partial charge in [-0.1, -0.05) is 0 Å². The molecule has 3 N–H and O–H groups in total. The van der Waals surface area contributed by atoms with Crippen LogP contribution in [0.4, 0.5) is 45.2 Å². The Hall–Kier alpha value is -4.51. The second kappa shape index (κ2) is 11.6. The smallest absolute Gasteiger partial charge is 0.510 e. The van der Waals surface area contributed by atoms with Crippen LogP contribution in [0.3, 0.4) is 0 Å². The summed E-state index contributed by atoms with van der Waals surface area (Å²) < 4.78 is 136. The highest BCUT2D eigenvalue weighted by Crippen LogP contribution is 2.45. The molecule has 3 rings (SSSR count). The minimum Gasteiger partial charge on any atom is -0.510 e. The third-order valence-corrected chi connectivity index (χ3v) is 5.02. The number of carbonyl (C=O) groups excluding carboxylic acids is 2. The number of pyridine rings is 1. The summed E-state index contributed by atoms with van der Waals surface area (Å²) in [6.45, 7) is 0. The van der Waals surface area contributed by atoms with E-state index in [2.05, 4.69) is 9.72 Å². The summed E-state index contributed by atoms with van der Waals surface area (Å²) in [5, 5.41) is 0.847. The number of alkyl halides is 9. The van der Waals surface area contributed by atoms with E-state index >= 15 is 0 Å². The highest BCUT2D eigenvalue weighted by molar-refractivity contribution is 6.58. The number of anilines is 1. The fourth-order valence-corrected chi connectivity index (χ4v) is 3.45. The molecule has 226 valence electrons. The van der Waals surface area contributed by atoms with Crippen molar-refractivity contribution in [2.45, 2.75) is 24.0 Å². The van der Waals surface area contributed by atoms with Gasteiger partial charge in [-0.15, -0.1) is 13.2 Å².